The van der Waals surface area contributed by atoms with E-state index in [-0.39, 0.29) is 16.1 Å². The summed E-state index contributed by atoms with van der Waals surface area (Å²) in [5, 5.41) is 51.2. The van der Waals surface area contributed by atoms with Crippen LogP contribution in [0.3, 0.4) is 0 Å². The van der Waals surface area contributed by atoms with Gasteiger partial charge >= 0.3 is 11.6 Å². The van der Waals surface area contributed by atoms with Crippen LogP contribution in [0.15, 0.2) is 15.8 Å². The molecule has 6 N–H and O–H groups in total. The van der Waals surface area contributed by atoms with E-state index in [9.17, 15) is 39.6 Å². The van der Waals surface area contributed by atoms with E-state index in [2.05, 4.69) is 0 Å². The molecule has 11 nitrogen and oxygen atoms in total. The van der Waals surface area contributed by atoms with E-state index in [0.717, 1.165) is 19.3 Å². The van der Waals surface area contributed by atoms with Crippen molar-refractivity contribution in [2.24, 2.45) is 0 Å². The van der Waals surface area contributed by atoms with Gasteiger partial charge in [-0.3, -0.25) is 9.78 Å². The van der Waals surface area contributed by atoms with E-state index >= 15 is 0 Å². The number of aliphatic hydroxyl groups excluding tert-OH is 2. The van der Waals surface area contributed by atoms with Gasteiger partial charge in [-0.15, -0.1) is 5.06 Å². The van der Waals surface area contributed by atoms with Crippen LogP contribution < -0.4 is 11.2 Å². The first-order valence-corrected chi connectivity index (χ1v) is 9.98. The van der Waals surface area contributed by atoms with Crippen LogP contribution in [0.1, 0.15) is 45.4 Å². The van der Waals surface area contributed by atoms with Crippen molar-refractivity contribution in [3.8, 4) is 0 Å². The first-order valence-electron chi connectivity index (χ1n) is 9.60. The summed E-state index contributed by atoms with van der Waals surface area (Å²) in [6, 6.07) is 0. The Kier molecular flexibility index (Phi) is 8.15. The van der Waals surface area contributed by atoms with E-state index in [1.165, 1.54) is 0 Å². The average Bonchev–Trinajstić information content (AvgIpc) is 2.91. The maximum Gasteiger partial charge on any atom is 0.332 e. The molecule has 13 heteroatoms. The highest BCUT2D eigenvalue weighted by Crippen LogP contribution is 2.44. The number of rotatable bonds is 10. The number of hydrogen-bond donors (Lipinski definition) is 6. The van der Waals surface area contributed by atoms with Gasteiger partial charge in [0, 0.05) is 6.20 Å². The third-order valence-corrected chi connectivity index (χ3v) is 5.39. The third kappa shape index (κ3) is 4.32. The van der Waals surface area contributed by atoms with Gasteiger partial charge in [-0.1, -0.05) is 44.2 Å². The number of nitrogens with one attached hydrogen (secondary N) is 1. The molecule has 0 spiro atoms. The van der Waals surface area contributed by atoms with Gasteiger partial charge in [0.1, 0.15) is 17.2 Å². The lowest BCUT2D eigenvalue weighted by Gasteiger charge is -2.43. The van der Waals surface area contributed by atoms with Gasteiger partial charge in [0.25, 0.3) is 5.56 Å². The van der Waals surface area contributed by atoms with E-state index < -0.39 is 53.0 Å². The fourth-order valence-corrected chi connectivity index (χ4v) is 3.54. The van der Waals surface area contributed by atoms with Gasteiger partial charge in [-0.25, -0.2) is 13.8 Å². The van der Waals surface area contributed by atoms with Crippen LogP contribution in [0.5, 0.6) is 0 Å². The second-order valence-corrected chi connectivity index (χ2v) is 7.61. The van der Waals surface area contributed by atoms with Crippen molar-refractivity contribution in [1.82, 2.24) is 14.6 Å². The summed E-state index contributed by atoms with van der Waals surface area (Å²) in [6.45, 7) is 1.05. The van der Waals surface area contributed by atoms with Crippen LogP contribution in [-0.2, 0) is 10.6 Å². The minimum atomic E-state index is -3.34. The number of aromatic nitrogens is 2. The lowest BCUT2D eigenvalue weighted by molar-refractivity contribution is -0.428. The molecule has 0 aromatic carbocycles. The number of nitrogens with zero attached hydrogens (tertiary/aromatic N) is 2. The lowest BCUT2D eigenvalue weighted by Crippen LogP contribution is -2.69. The monoisotopic (exact) mass is 455 g/mol. The van der Waals surface area contributed by atoms with E-state index in [1.54, 1.807) is 4.98 Å². The molecular formula is C17H27ClFN3O8. The van der Waals surface area contributed by atoms with Crippen molar-refractivity contribution in [3.05, 3.63) is 32.1 Å². The molecule has 172 valence electrons. The number of H-pyrrole nitrogens is 1. The molecule has 0 radical (unpaired) electrons. The highest BCUT2D eigenvalue weighted by atomic mass is 35.5. The van der Waals surface area contributed by atoms with Crippen molar-refractivity contribution >= 4 is 11.6 Å². The summed E-state index contributed by atoms with van der Waals surface area (Å²) in [5.74, 6) is -3.31. The molecule has 1 unspecified atom stereocenters. The average molecular weight is 456 g/mol. The molecular weight excluding hydrogens is 429 g/mol. The van der Waals surface area contributed by atoms with E-state index in [4.69, 9.17) is 16.3 Å². The summed E-state index contributed by atoms with van der Waals surface area (Å²) >= 11 is 5.66. The molecule has 0 amide bonds. The third-order valence-electron chi connectivity index (χ3n) is 5.13. The Bertz CT molecular complexity index is 838. The fourth-order valence-electron chi connectivity index (χ4n) is 3.39. The quantitative estimate of drug-likeness (QED) is 0.119. The molecule has 30 heavy (non-hydrogen) atoms. The molecule has 0 saturated carbocycles. The Morgan fingerprint density at radius 1 is 1.33 bits per heavy atom. The van der Waals surface area contributed by atoms with Crippen LogP contribution in [-0.4, -0.2) is 71.1 Å². The molecule has 1 saturated heterocycles. The molecule has 1 aromatic rings. The molecule has 1 aliphatic heterocycles. The summed E-state index contributed by atoms with van der Waals surface area (Å²) in [6.07, 6.45) is -2.18. The van der Waals surface area contributed by atoms with Gasteiger partial charge in [-0.05, 0) is 12.8 Å². The number of hydroxylamine groups is 2. The summed E-state index contributed by atoms with van der Waals surface area (Å²) < 4.78 is 19.9. The van der Waals surface area contributed by atoms with Crippen molar-refractivity contribution < 1.29 is 34.8 Å². The molecule has 2 heterocycles. The Morgan fingerprint density at radius 3 is 2.57 bits per heavy atom. The number of ether oxygens (including phenoxy) is 1. The van der Waals surface area contributed by atoms with Crippen LogP contribution in [0, 0.1) is 0 Å². The number of unbranched alkanes of at least 4 members (excludes halogenated alkanes) is 4. The lowest BCUT2D eigenvalue weighted by atomic mass is 10.00. The first-order chi connectivity index (χ1) is 14.0. The predicted molar refractivity (Wildman–Crippen MR) is 101 cm³/mol. The van der Waals surface area contributed by atoms with Crippen molar-refractivity contribution in [2.75, 3.05) is 6.61 Å². The highest BCUT2D eigenvalue weighted by Gasteiger charge is 2.71. The summed E-state index contributed by atoms with van der Waals surface area (Å²) in [7, 11) is 0. The van der Waals surface area contributed by atoms with Gasteiger partial charge in [0.15, 0.2) is 6.30 Å². The SMILES string of the molecule is CCCCCCCC(F)N(O)[C@@]1(O)[C@H](O)[C@@H](CO)O[C@]1(O)n1cc(Cl)c(=O)[nH]c1=O. The Hall–Kier alpha value is -1.38. The summed E-state index contributed by atoms with van der Waals surface area (Å²) in [5.41, 5.74) is -5.69. The molecule has 5 atom stereocenters. The minimum Gasteiger partial charge on any atom is -0.394 e. The number of halogens is 2. The number of aromatic amines is 1. The van der Waals surface area contributed by atoms with Gasteiger partial charge < -0.3 is 30.4 Å². The topological polar surface area (TPSA) is 168 Å². The molecule has 0 bridgehead atoms. The van der Waals surface area contributed by atoms with Crippen LogP contribution in [0.2, 0.25) is 5.02 Å². The number of aliphatic hydroxyl groups is 4. The summed E-state index contributed by atoms with van der Waals surface area (Å²) in [4.78, 5) is 25.4. The van der Waals surface area contributed by atoms with Gasteiger partial charge in [0.2, 0.25) is 5.72 Å². The number of alkyl halides is 1. The molecule has 2 rings (SSSR count). The van der Waals surface area contributed by atoms with Crippen LogP contribution in [0.25, 0.3) is 0 Å². The Labute approximate surface area is 175 Å². The highest BCUT2D eigenvalue weighted by molar-refractivity contribution is 6.30. The predicted octanol–water partition coefficient (Wildman–Crippen LogP) is -0.420. The van der Waals surface area contributed by atoms with Gasteiger partial charge in [0.05, 0.1) is 6.61 Å². The first kappa shape index (κ1) is 24.9. The zero-order chi connectivity index (χ0) is 22.7. The zero-order valence-electron chi connectivity index (χ0n) is 16.4. The van der Waals surface area contributed by atoms with E-state index in [1.807, 2.05) is 6.92 Å². The van der Waals surface area contributed by atoms with Crippen molar-refractivity contribution in [2.45, 2.75) is 75.6 Å². The normalized spacial score (nSPS) is 30.2. The molecule has 0 aliphatic carbocycles. The largest absolute Gasteiger partial charge is 0.394 e. The van der Waals surface area contributed by atoms with E-state index in [0.29, 0.717) is 19.0 Å². The van der Waals surface area contributed by atoms with Crippen molar-refractivity contribution in [3.63, 3.8) is 0 Å². The molecule has 1 aliphatic rings. The Balaban J connectivity index is 2.41. The molecule has 1 fully saturated rings. The van der Waals surface area contributed by atoms with Gasteiger partial charge in [-0.2, -0.15) is 0 Å². The zero-order valence-corrected chi connectivity index (χ0v) is 17.1. The Morgan fingerprint density at radius 2 is 1.97 bits per heavy atom. The van der Waals surface area contributed by atoms with Crippen molar-refractivity contribution in [1.29, 1.82) is 0 Å². The number of hydrogen-bond acceptors (Lipinski definition) is 9. The standard InChI is InChI=1S/C17H27ClFN3O8/c1-2-3-4-5-6-7-12(19)22(29)16(27)13(24)11(9-23)30-17(16,28)21-8-10(18)14(25)20-15(21)26/h8,11-13,23-24,27-29H,2-7,9H2,1H3,(H,20,25,26)/t11-,12?,13-,16-,17+/m1/s1. The fraction of sp³-hybridized carbons (Fsp3) is 0.765. The molecule has 1 aromatic heterocycles. The maximum absolute atomic E-state index is 14.7. The maximum atomic E-state index is 14.7. The second-order valence-electron chi connectivity index (χ2n) is 7.21. The second kappa shape index (κ2) is 9.83. The smallest absolute Gasteiger partial charge is 0.332 e. The van der Waals surface area contributed by atoms with Crippen LogP contribution in [0.4, 0.5) is 4.39 Å². The minimum absolute atomic E-state index is 0.187. The van der Waals surface area contributed by atoms with Crippen LogP contribution >= 0.6 is 11.6 Å².